The molecule has 1 aliphatic heterocycles. The maximum absolute atomic E-state index is 12.2. The van der Waals surface area contributed by atoms with Crippen molar-refractivity contribution in [2.24, 2.45) is 0 Å². The Morgan fingerprint density at radius 2 is 2.05 bits per heavy atom. The van der Waals surface area contributed by atoms with Crippen LogP contribution in [0.25, 0.3) is 0 Å². The monoisotopic (exact) mass is 319 g/mol. The van der Waals surface area contributed by atoms with E-state index in [9.17, 15) is 4.79 Å². The van der Waals surface area contributed by atoms with Crippen LogP contribution in [0.3, 0.4) is 0 Å². The Morgan fingerprint density at radius 3 is 2.86 bits per heavy atom. The molecular formula is C16H14ClNO4. The fourth-order valence-electron chi connectivity index (χ4n) is 2.20. The Bertz CT molecular complexity index is 717. The van der Waals surface area contributed by atoms with Crippen molar-refractivity contribution < 1.29 is 19.0 Å². The first-order valence-electron chi connectivity index (χ1n) is 6.67. The molecule has 1 N–H and O–H groups in total. The Kier molecular flexibility index (Phi) is 4.06. The lowest BCUT2D eigenvalue weighted by Gasteiger charge is -2.10. The average molecular weight is 320 g/mol. The summed E-state index contributed by atoms with van der Waals surface area (Å²) >= 11 is 5.97. The maximum atomic E-state index is 12.2. The van der Waals surface area contributed by atoms with E-state index >= 15 is 0 Å². The minimum Gasteiger partial charge on any atom is -0.496 e. The van der Waals surface area contributed by atoms with E-state index in [-0.39, 0.29) is 12.7 Å². The van der Waals surface area contributed by atoms with Crippen LogP contribution in [-0.2, 0) is 6.54 Å². The highest BCUT2D eigenvalue weighted by Gasteiger charge is 2.16. The topological polar surface area (TPSA) is 56.8 Å². The summed E-state index contributed by atoms with van der Waals surface area (Å²) in [5, 5.41) is 3.43. The highest BCUT2D eigenvalue weighted by molar-refractivity contribution is 6.30. The molecule has 1 amide bonds. The summed E-state index contributed by atoms with van der Waals surface area (Å²) in [5.41, 5.74) is 1.31. The molecule has 6 heteroatoms. The van der Waals surface area contributed by atoms with E-state index in [4.69, 9.17) is 25.8 Å². The fraction of sp³-hybridized carbons (Fsp3) is 0.188. The van der Waals surface area contributed by atoms with Gasteiger partial charge >= 0.3 is 0 Å². The molecule has 0 unspecified atom stereocenters. The Hall–Kier alpha value is -2.40. The zero-order valence-corrected chi connectivity index (χ0v) is 12.6. The van der Waals surface area contributed by atoms with Crippen LogP contribution in [0.1, 0.15) is 15.9 Å². The zero-order chi connectivity index (χ0) is 15.5. The molecule has 0 saturated heterocycles. The van der Waals surface area contributed by atoms with E-state index in [2.05, 4.69) is 5.32 Å². The van der Waals surface area contributed by atoms with Gasteiger partial charge in [-0.2, -0.15) is 0 Å². The Morgan fingerprint density at radius 1 is 1.23 bits per heavy atom. The molecule has 2 aromatic carbocycles. The summed E-state index contributed by atoms with van der Waals surface area (Å²) < 4.78 is 15.7. The number of methoxy groups -OCH3 is 1. The van der Waals surface area contributed by atoms with E-state index < -0.39 is 0 Å². The molecule has 1 aliphatic rings. The van der Waals surface area contributed by atoms with Gasteiger partial charge in [-0.25, -0.2) is 0 Å². The summed E-state index contributed by atoms with van der Waals surface area (Å²) in [6.07, 6.45) is 0. The van der Waals surface area contributed by atoms with Crippen LogP contribution in [0.15, 0.2) is 36.4 Å². The van der Waals surface area contributed by atoms with Crippen LogP contribution in [-0.4, -0.2) is 19.8 Å². The lowest BCUT2D eigenvalue weighted by Crippen LogP contribution is -2.23. The standard InChI is InChI=1S/C16H14ClNO4/c1-20-13-5-3-12(17)6-11(13)8-18-16(19)10-2-4-14-15(7-10)22-9-21-14/h2-7H,8-9H2,1H3,(H,18,19). The number of hydrogen-bond acceptors (Lipinski definition) is 4. The summed E-state index contributed by atoms with van der Waals surface area (Å²) in [6.45, 7) is 0.497. The van der Waals surface area contributed by atoms with Gasteiger partial charge in [0.1, 0.15) is 5.75 Å². The number of carbonyl (C=O) groups is 1. The fourth-order valence-corrected chi connectivity index (χ4v) is 2.40. The van der Waals surface area contributed by atoms with Gasteiger partial charge in [-0.15, -0.1) is 0 Å². The van der Waals surface area contributed by atoms with Crippen molar-refractivity contribution >= 4 is 17.5 Å². The summed E-state index contributed by atoms with van der Waals surface area (Å²) in [4.78, 5) is 12.2. The van der Waals surface area contributed by atoms with Crippen molar-refractivity contribution in [1.29, 1.82) is 0 Å². The molecule has 2 aromatic rings. The van der Waals surface area contributed by atoms with Crippen molar-refractivity contribution in [3.63, 3.8) is 0 Å². The molecule has 0 radical (unpaired) electrons. The minimum absolute atomic E-state index is 0.181. The second kappa shape index (κ2) is 6.15. The predicted octanol–water partition coefficient (Wildman–Crippen LogP) is 3.01. The molecule has 0 saturated carbocycles. The summed E-state index contributed by atoms with van der Waals surface area (Å²) in [5.74, 6) is 1.69. The van der Waals surface area contributed by atoms with Crippen LogP contribution in [0.5, 0.6) is 17.2 Å². The van der Waals surface area contributed by atoms with Gasteiger partial charge in [-0.1, -0.05) is 11.6 Å². The molecule has 3 rings (SSSR count). The number of halogens is 1. The largest absolute Gasteiger partial charge is 0.496 e. The van der Waals surface area contributed by atoms with Gasteiger partial charge in [-0.3, -0.25) is 4.79 Å². The number of nitrogens with one attached hydrogen (secondary N) is 1. The van der Waals surface area contributed by atoms with Crippen LogP contribution in [0, 0.1) is 0 Å². The highest BCUT2D eigenvalue weighted by atomic mass is 35.5. The third-order valence-electron chi connectivity index (χ3n) is 3.32. The van der Waals surface area contributed by atoms with Crippen LogP contribution in [0.2, 0.25) is 5.02 Å². The van der Waals surface area contributed by atoms with Gasteiger partial charge in [0.15, 0.2) is 11.5 Å². The number of carbonyl (C=O) groups excluding carboxylic acids is 1. The van der Waals surface area contributed by atoms with Gasteiger partial charge in [0, 0.05) is 22.7 Å². The molecule has 0 spiro atoms. The van der Waals surface area contributed by atoms with Crippen molar-refractivity contribution in [2.75, 3.05) is 13.9 Å². The average Bonchev–Trinajstić information content (AvgIpc) is 3.00. The Labute approximate surface area is 132 Å². The van der Waals surface area contributed by atoms with Gasteiger partial charge in [-0.05, 0) is 36.4 Å². The first-order chi connectivity index (χ1) is 10.7. The van der Waals surface area contributed by atoms with Crippen molar-refractivity contribution in [3.05, 3.63) is 52.5 Å². The smallest absolute Gasteiger partial charge is 0.251 e. The second-order valence-corrected chi connectivity index (χ2v) is 5.14. The highest BCUT2D eigenvalue weighted by Crippen LogP contribution is 2.32. The predicted molar refractivity (Wildman–Crippen MR) is 81.7 cm³/mol. The molecule has 0 aromatic heterocycles. The molecule has 22 heavy (non-hydrogen) atoms. The summed E-state index contributed by atoms with van der Waals surface area (Å²) in [6, 6.07) is 10.3. The lowest BCUT2D eigenvalue weighted by molar-refractivity contribution is 0.0950. The minimum atomic E-state index is -0.208. The normalized spacial score (nSPS) is 12.1. The third kappa shape index (κ3) is 2.94. The van der Waals surface area contributed by atoms with Gasteiger partial charge in [0.2, 0.25) is 6.79 Å². The molecule has 0 aliphatic carbocycles. The molecule has 0 bridgehead atoms. The van der Waals surface area contributed by atoms with Gasteiger partial charge in [0.05, 0.1) is 7.11 Å². The third-order valence-corrected chi connectivity index (χ3v) is 3.55. The van der Waals surface area contributed by atoms with Crippen molar-refractivity contribution in [3.8, 4) is 17.2 Å². The van der Waals surface area contributed by atoms with Crippen LogP contribution >= 0.6 is 11.6 Å². The first-order valence-corrected chi connectivity index (χ1v) is 7.05. The van der Waals surface area contributed by atoms with E-state index in [1.807, 2.05) is 0 Å². The Balaban J connectivity index is 1.71. The first kappa shape index (κ1) is 14.5. The molecule has 1 heterocycles. The molecule has 0 fully saturated rings. The lowest BCUT2D eigenvalue weighted by atomic mass is 10.1. The SMILES string of the molecule is COc1ccc(Cl)cc1CNC(=O)c1ccc2c(c1)OCO2. The number of benzene rings is 2. The number of hydrogen-bond donors (Lipinski definition) is 1. The molecule has 5 nitrogen and oxygen atoms in total. The maximum Gasteiger partial charge on any atom is 0.251 e. The number of rotatable bonds is 4. The van der Waals surface area contributed by atoms with Gasteiger partial charge < -0.3 is 19.5 Å². The van der Waals surface area contributed by atoms with E-state index in [1.165, 1.54) is 0 Å². The quantitative estimate of drug-likeness (QED) is 0.941. The number of fused-ring (bicyclic) bond motifs is 1. The van der Waals surface area contributed by atoms with E-state index in [0.29, 0.717) is 34.4 Å². The van der Waals surface area contributed by atoms with Crippen LogP contribution < -0.4 is 19.5 Å². The second-order valence-electron chi connectivity index (χ2n) is 4.71. The zero-order valence-electron chi connectivity index (χ0n) is 11.9. The molecule has 0 atom stereocenters. The number of ether oxygens (including phenoxy) is 3. The van der Waals surface area contributed by atoms with Crippen molar-refractivity contribution in [2.45, 2.75) is 6.54 Å². The van der Waals surface area contributed by atoms with Crippen molar-refractivity contribution in [1.82, 2.24) is 5.32 Å². The number of amides is 1. The molecular weight excluding hydrogens is 306 g/mol. The van der Waals surface area contributed by atoms with E-state index in [0.717, 1.165) is 5.56 Å². The molecule has 114 valence electrons. The van der Waals surface area contributed by atoms with E-state index in [1.54, 1.807) is 43.5 Å². The van der Waals surface area contributed by atoms with Crippen LogP contribution in [0.4, 0.5) is 0 Å². The summed E-state index contributed by atoms with van der Waals surface area (Å²) in [7, 11) is 1.58. The van der Waals surface area contributed by atoms with Gasteiger partial charge in [0.25, 0.3) is 5.91 Å².